The van der Waals surface area contributed by atoms with E-state index in [9.17, 15) is 9.90 Å². The van der Waals surface area contributed by atoms with Gasteiger partial charge in [0.1, 0.15) is 11.5 Å². The second-order valence-corrected chi connectivity index (χ2v) is 6.60. The molecule has 0 radical (unpaired) electrons. The van der Waals surface area contributed by atoms with E-state index < -0.39 is 0 Å². The summed E-state index contributed by atoms with van der Waals surface area (Å²) >= 11 is 0. The Balaban J connectivity index is 1.51. The number of benzene rings is 3. The van der Waals surface area contributed by atoms with Crippen LogP contribution in [0, 0.1) is 0 Å². The van der Waals surface area contributed by atoms with E-state index in [1.807, 2.05) is 48.5 Å². The van der Waals surface area contributed by atoms with Crippen LogP contribution in [-0.2, 0) is 0 Å². The molecule has 3 aromatic carbocycles. The number of nitrogens with one attached hydrogen (secondary N) is 1. The van der Waals surface area contributed by atoms with Crippen LogP contribution in [0.2, 0.25) is 0 Å². The zero-order valence-corrected chi connectivity index (χ0v) is 15.8. The molecule has 1 unspecified atom stereocenters. The van der Waals surface area contributed by atoms with Crippen molar-refractivity contribution in [3.8, 4) is 11.5 Å². The van der Waals surface area contributed by atoms with Gasteiger partial charge in [0.05, 0.1) is 0 Å². The van der Waals surface area contributed by atoms with Crippen molar-refractivity contribution >= 4 is 5.91 Å². The molecule has 3 aromatic rings. The van der Waals surface area contributed by atoms with Gasteiger partial charge in [0, 0.05) is 18.7 Å². The number of hydrogen-bond donors (Lipinski definition) is 2. The van der Waals surface area contributed by atoms with Gasteiger partial charge in [-0.15, -0.1) is 0 Å². The predicted octanol–water partition coefficient (Wildman–Crippen LogP) is 4.77. The lowest BCUT2D eigenvalue weighted by Gasteiger charge is -2.16. The van der Waals surface area contributed by atoms with E-state index >= 15 is 0 Å². The second-order valence-electron chi connectivity index (χ2n) is 6.60. The zero-order valence-electron chi connectivity index (χ0n) is 15.8. The Morgan fingerprint density at radius 3 is 2.07 bits per heavy atom. The maximum absolute atomic E-state index is 12.4. The largest absolute Gasteiger partial charge is 0.457 e. The summed E-state index contributed by atoms with van der Waals surface area (Å²) in [4.78, 5) is 12.4. The molecule has 2 N–H and O–H groups in total. The Morgan fingerprint density at radius 2 is 1.43 bits per heavy atom. The molecule has 144 valence electrons. The Kier molecular flexibility index (Phi) is 7.21. The smallest absolute Gasteiger partial charge is 0.251 e. The molecule has 4 nitrogen and oxygen atoms in total. The average molecular weight is 375 g/mol. The van der Waals surface area contributed by atoms with Gasteiger partial charge in [-0.1, -0.05) is 48.5 Å². The van der Waals surface area contributed by atoms with Crippen molar-refractivity contribution in [1.82, 2.24) is 5.32 Å². The fourth-order valence-corrected chi connectivity index (χ4v) is 3.12. The molecule has 0 heterocycles. The van der Waals surface area contributed by atoms with Gasteiger partial charge >= 0.3 is 0 Å². The van der Waals surface area contributed by atoms with Crippen molar-refractivity contribution in [1.29, 1.82) is 0 Å². The minimum absolute atomic E-state index is 0.109. The third-order valence-corrected chi connectivity index (χ3v) is 4.62. The molecule has 0 spiro atoms. The van der Waals surface area contributed by atoms with Gasteiger partial charge in [0.25, 0.3) is 5.91 Å². The third kappa shape index (κ3) is 5.69. The summed E-state index contributed by atoms with van der Waals surface area (Å²) < 4.78 is 5.75. The van der Waals surface area contributed by atoms with Crippen LogP contribution in [0.5, 0.6) is 11.5 Å². The number of aliphatic hydroxyl groups excluding tert-OH is 1. The first kappa shape index (κ1) is 19.6. The highest BCUT2D eigenvalue weighted by Gasteiger charge is 2.12. The van der Waals surface area contributed by atoms with Crippen molar-refractivity contribution in [2.24, 2.45) is 0 Å². The number of amides is 1. The van der Waals surface area contributed by atoms with Crippen molar-refractivity contribution in [2.45, 2.75) is 18.8 Å². The third-order valence-electron chi connectivity index (χ3n) is 4.62. The van der Waals surface area contributed by atoms with Gasteiger partial charge < -0.3 is 15.2 Å². The van der Waals surface area contributed by atoms with Crippen LogP contribution in [0.1, 0.15) is 34.7 Å². The standard InChI is InChI=1S/C24H25NO3/c26-18-16-20(19-7-3-1-4-8-19)15-17-25-24(27)21-11-13-23(14-12-21)28-22-9-5-2-6-10-22/h1-14,20,26H,15-18H2,(H,25,27). The molecule has 28 heavy (non-hydrogen) atoms. The second kappa shape index (κ2) is 10.3. The van der Waals surface area contributed by atoms with Gasteiger partial charge in [-0.25, -0.2) is 0 Å². The molecule has 3 rings (SSSR count). The number of carbonyl (C=O) groups is 1. The molecule has 0 saturated heterocycles. The lowest BCUT2D eigenvalue weighted by molar-refractivity contribution is 0.0952. The molecular formula is C24H25NO3. The summed E-state index contributed by atoms with van der Waals surface area (Å²) in [5.74, 6) is 1.57. The first-order valence-electron chi connectivity index (χ1n) is 9.53. The fraction of sp³-hybridized carbons (Fsp3) is 0.208. The van der Waals surface area contributed by atoms with Gasteiger partial charge in [0.15, 0.2) is 0 Å². The van der Waals surface area contributed by atoms with E-state index in [1.165, 1.54) is 5.56 Å². The van der Waals surface area contributed by atoms with Crippen LogP contribution in [0.3, 0.4) is 0 Å². The highest BCUT2D eigenvalue weighted by Crippen LogP contribution is 2.23. The number of hydrogen-bond acceptors (Lipinski definition) is 3. The molecule has 0 saturated carbocycles. The summed E-state index contributed by atoms with van der Waals surface area (Å²) in [5, 5.41) is 12.3. The quantitative estimate of drug-likeness (QED) is 0.567. The van der Waals surface area contributed by atoms with Gasteiger partial charge in [0.2, 0.25) is 0 Å². The first-order valence-corrected chi connectivity index (χ1v) is 9.53. The van der Waals surface area contributed by atoms with Crippen molar-refractivity contribution in [2.75, 3.05) is 13.2 Å². The molecule has 0 aliphatic carbocycles. The zero-order chi connectivity index (χ0) is 19.6. The molecule has 4 heteroatoms. The molecular weight excluding hydrogens is 350 g/mol. The molecule has 0 fully saturated rings. The van der Waals surface area contributed by atoms with Gasteiger partial charge in [-0.3, -0.25) is 4.79 Å². The topological polar surface area (TPSA) is 58.6 Å². The Bertz CT molecular complexity index is 848. The molecule has 0 aliphatic rings. The molecule has 0 aromatic heterocycles. The van der Waals surface area contributed by atoms with E-state index in [0.717, 1.165) is 12.2 Å². The lowest BCUT2D eigenvalue weighted by atomic mass is 9.93. The van der Waals surface area contributed by atoms with Crippen molar-refractivity contribution in [3.05, 3.63) is 96.1 Å². The highest BCUT2D eigenvalue weighted by atomic mass is 16.5. The van der Waals surface area contributed by atoms with Gasteiger partial charge in [-0.2, -0.15) is 0 Å². The fourth-order valence-electron chi connectivity index (χ4n) is 3.12. The van der Waals surface area contributed by atoms with Crippen molar-refractivity contribution in [3.63, 3.8) is 0 Å². The Hall–Kier alpha value is -3.11. The summed E-state index contributed by atoms with van der Waals surface area (Å²) in [6, 6.07) is 26.7. The summed E-state index contributed by atoms with van der Waals surface area (Å²) in [6.45, 7) is 0.692. The van der Waals surface area contributed by atoms with E-state index in [4.69, 9.17) is 4.74 Å². The molecule has 1 atom stereocenters. The van der Waals surface area contributed by atoms with Crippen LogP contribution < -0.4 is 10.1 Å². The minimum Gasteiger partial charge on any atom is -0.457 e. The monoisotopic (exact) mass is 375 g/mol. The lowest BCUT2D eigenvalue weighted by Crippen LogP contribution is -2.25. The summed E-state index contributed by atoms with van der Waals surface area (Å²) in [5.41, 5.74) is 1.78. The van der Waals surface area contributed by atoms with Crippen LogP contribution >= 0.6 is 0 Å². The van der Waals surface area contributed by atoms with E-state index in [-0.39, 0.29) is 18.4 Å². The minimum atomic E-state index is -0.109. The number of ether oxygens (including phenoxy) is 1. The summed E-state index contributed by atoms with van der Waals surface area (Å²) in [7, 11) is 0. The maximum atomic E-state index is 12.4. The Morgan fingerprint density at radius 1 is 0.821 bits per heavy atom. The van der Waals surface area contributed by atoms with Crippen LogP contribution in [-0.4, -0.2) is 24.2 Å². The number of rotatable bonds is 9. The number of para-hydroxylation sites is 1. The first-order chi connectivity index (χ1) is 13.8. The van der Waals surface area contributed by atoms with E-state index in [2.05, 4.69) is 17.4 Å². The molecule has 1 amide bonds. The average Bonchev–Trinajstić information content (AvgIpc) is 2.75. The SMILES string of the molecule is O=C(NCCC(CCO)c1ccccc1)c1ccc(Oc2ccccc2)cc1. The maximum Gasteiger partial charge on any atom is 0.251 e. The highest BCUT2D eigenvalue weighted by molar-refractivity contribution is 5.94. The van der Waals surface area contributed by atoms with E-state index in [1.54, 1.807) is 24.3 Å². The molecule has 0 aliphatic heterocycles. The Labute approximate surface area is 165 Å². The van der Waals surface area contributed by atoms with Crippen LogP contribution in [0.25, 0.3) is 0 Å². The summed E-state index contributed by atoms with van der Waals surface area (Å²) in [6.07, 6.45) is 1.47. The van der Waals surface area contributed by atoms with Crippen molar-refractivity contribution < 1.29 is 14.6 Å². The predicted molar refractivity (Wildman–Crippen MR) is 111 cm³/mol. The van der Waals surface area contributed by atoms with Crippen LogP contribution in [0.15, 0.2) is 84.9 Å². The normalized spacial score (nSPS) is 11.6. The van der Waals surface area contributed by atoms with Gasteiger partial charge in [-0.05, 0) is 60.7 Å². The molecule has 0 bridgehead atoms. The number of carbonyl (C=O) groups excluding carboxylic acids is 1. The van der Waals surface area contributed by atoms with E-state index in [0.29, 0.717) is 24.3 Å². The number of aliphatic hydroxyl groups is 1. The van der Waals surface area contributed by atoms with Crippen LogP contribution in [0.4, 0.5) is 0 Å².